The zero-order valence-electron chi connectivity index (χ0n) is 9.46. The van der Waals surface area contributed by atoms with Crippen LogP contribution in [-0.4, -0.2) is 25.5 Å². The van der Waals surface area contributed by atoms with Gasteiger partial charge in [0.2, 0.25) is 5.91 Å². The maximum Gasteiger partial charge on any atom is 0.261 e. The molecule has 0 saturated carbocycles. The molecule has 0 saturated heterocycles. The van der Waals surface area contributed by atoms with Gasteiger partial charge in [-0.2, -0.15) is 0 Å². The molecule has 0 bridgehead atoms. The van der Waals surface area contributed by atoms with Gasteiger partial charge in [0.1, 0.15) is 12.4 Å². The normalized spacial score (nSPS) is 10.7. The number of benzene rings is 1. The Kier molecular flexibility index (Phi) is 5.44. The van der Waals surface area contributed by atoms with Crippen LogP contribution in [0.5, 0.6) is 0 Å². The van der Waals surface area contributed by atoms with Crippen molar-refractivity contribution in [3.63, 3.8) is 0 Å². The van der Waals surface area contributed by atoms with Crippen molar-refractivity contribution in [3.8, 4) is 0 Å². The summed E-state index contributed by atoms with van der Waals surface area (Å²) < 4.78 is 41.2. The molecule has 0 heterocycles. The lowest BCUT2D eigenvalue weighted by atomic mass is 10.2. The number of amides is 1. The molecule has 1 rings (SSSR count). The van der Waals surface area contributed by atoms with Gasteiger partial charge in [0.05, 0.1) is 18.7 Å². The maximum absolute atomic E-state index is 13.2. The fourth-order valence-electron chi connectivity index (χ4n) is 1.19. The number of alkyl halides is 2. The third kappa shape index (κ3) is 5.05. The molecule has 4 nitrogen and oxygen atoms in total. The average Bonchev–Trinajstić information content (AvgIpc) is 2.29. The van der Waals surface area contributed by atoms with E-state index >= 15 is 0 Å². The molecule has 0 atom stereocenters. The number of hydrogen-bond donors (Lipinski definition) is 2. The molecule has 7 heteroatoms. The fraction of sp³-hybridized carbons (Fsp3) is 0.364. The lowest BCUT2D eigenvalue weighted by Crippen LogP contribution is -2.16. The lowest BCUT2D eigenvalue weighted by Gasteiger charge is -2.07. The van der Waals surface area contributed by atoms with Crippen LogP contribution in [0.3, 0.4) is 0 Å². The topological polar surface area (TPSA) is 64.3 Å². The van der Waals surface area contributed by atoms with Gasteiger partial charge in [-0.1, -0.05) is 0 Å². The van der Waals surface area contributed by atoms with Gasteiger partial charge in [0, 0.05) is 5.69 Å². The first-order valence-electron chi connectivity index (χ1n) is 5.20. The Bertz CT molecular complexity index is 413. The number of anilines is 2. The summed E-state index contributed by atoms with van der Waals surface area (Å²) in [7, 11) is 0. The number of halogens is 3. The quantitative estimate of drug-likeness (QED) is 0.609. The van der Waals surface area contributed by atoms with E-state index in [1.165, 1.54) is 12.1 Å². The summed E-state index contributed by atoms with van der Waals surface area (Å²) in [6, 6.07) is 3.75. The van der Waals surface area contributed by atoms with Gasteiger partial charge < -0.3 is 15.8 Å². The Morgan fingerprint density at radius 3 is 2.83 bits per heavy atom. The first-order chi connectivity index (χ1) is 8.49. The van der Waals surface area contributed by atoms with Crippen molar-refractivity contribution in [1.29, 1.82) is 0 Å². The monoisotopic (exact) mass is 262 g/mol. The minimum Gasteiger partial charge on any atom is -0.399 e. The SMILES string of the molecule is Nc1ccc(F)c(NC(=O)CCOCC(F)F)c1. The molecule has 100 valence electrons. The molecule has 1 aromatic rings. The highest BCUT2D eigenvalue weighted by atomic mass is 19.3. The van der Waals surface area contributed by atoms with Crippen molar-refractivity contribution >= 4 is 17.3 Å². The smallest absolute Gasteiger partial charge is 0.261 e. The molecule has 0 aliphatic carbocycles. The molecule has 1 aromatic carbocycles. The highest BCUT2D eigenvalue weighted by Crippen LogP contribution is 2.17. The second kappa shape index (κ2) is 6.85. The Balaban J connectivity index is 2.38. The molecular formula is C11H13F3N2O2. The van der Waals surface area contributed by atoms with E-state index in [-0.39, 0.29) is 18.7 Å². The molecule has 0 unspecified atom stereocenters. The van der Waals surface area contributed by atoms with Gasteiger partial charge in [-0.3, -0.25) is 4.79 Å². The van der Waals surface area contributed by atoms with E-state index in [9.17, 15) is 18.0 Å². The first-order valence-corrected chi connectivity index (χ1v) is 5.20. The van der Waals surface area contributed by atoms with Crippen LogP contribution in [0.2, 0.25) is 0 Å². The van der Waals surface area contributed by atoms with Crippen LogP contribution in [0, 0.1) is 5.82 Å². The maximum atomic E-state index is 13.2. The van der Waals surface area contributed by atoms with E-state index in [2.05, 4.69) is 10.1 Å². The van der Waals surface area contributed by atoms with Crippen LogP contribution < -0.4 is 11.1 Å². The van der Waals surface area contributed by atoms with Gasteiger partial charge >= 0.3 is 0 Å². The molecule has 0 spiro atoms. The molecule has 0 aliphatic rings. The van der Waals surface area contributed by atoms with Crippen LogP contribution in [0.1, 0.15) is 6.42 Å². The summed E-state index contributed by atoms with van der Waals surface area (Å²) >= 11 is 0. The van der Waals surface area contributed by atoms with E-state index in [0.717, 1.165) is 6.07 Å². The predicted molar refractivity (Wildman–Crippen MR) is 60.9 cm³/mol. The van der Waals surface area contributed by atoms with Crippen LogP contribution in [0.15, 0.2) is 18.2 Å². The zero-order valence-corrected chi connectivity index (χ0v) is 9.46. The van der Waals surface area contributed by atoms with Gasteiger partial charge in [0.25, 0.3) is 6.43 Å². The number of nitrogen functional groups attached to an aromatic ring is 1. The number of nitrogens with one attached hydrogen (secondary N) is 1. The molecule has 3 N–H and O–H groups in total. The van der Waals surface area contributed by atoms with Gasteiger partial charge in [-0.25, -0.2) is 13.2 Å². The summed E-state index contributed by atoms with van der Waals surface area (Å²) in [6.45, 7) is -0.875. The molecule has 0 fully saturated rings. The van der Waals surface area contributed by atoms with Crippen LogP contribution in [-0.2, 0) is 9.53 Å². The number of carbonyl (C=O) groups is 1. The number of hydrogen-bond acceptors (Lipinski definition) is 3. The second-order valence-electron chi connectivity index (χ2n) is 3.50. The van der Waals surface area contributed by atoms with E-state index in [4.69, 9.17) is 5.73 Å². The molecular weight excluding hydrogens is 249 g/mol. The highest BCUT2D eigenvalue weighted by molar-refractivity contribution is 5.91. The minimum atomic E-state index is -2.57. The third-order valence-electron chi connectivity index (χ3n) is 1.98. The molecule has 0 aliphatic heterocycles. The summed E-state index contributed by atoms with van der Waals surface area (Å²) in [5, 5.41) is 2.28. The average molecular weight is 262 g/mol. The van der Waals surface area contributed by atoms with E-state index < -0.39 is 24.8 Å². The molecule has 0 aromatic heterocycles. The Morgan fingerprint density at radius 1 is 1.44 bits per heavy atom. The Morgan fingerprint density at radius 2 is 2.17 bits per heavy atom. The van der Waals surface area contributed by atoms with Gasteiger partial charge in [0.15, 0.2) is 0 Å². The number of rotatable bonds is 6. The first kappa shape index (κ1) is 14.3. The van der Waals surface area contributed by atoms with Crippen molar-refractivity contribution in [2.75, 3.05) is 24.3 Å². The number of nitrogens with two attached hydrogens (primary N) is 1. The summed E-state index contributed by atoms with van der Waals surface area (Å²) in [4.78, 5) is 11.3. The number of carbonyl (C=O) groups excluding carboxylic acids is 1. The third-order valence-corrected chi connectivity index (χ3v) is 1.98. The van der Waals surface area contributed by atoms with Gasteiger partial charge in [-0.05, 0) is 18.2 Å². The van der Waals surface area contributed by atoms with Crippen molar-refractivity contribution in [2.24, 2.45) is 0 Å². The predicted octanol–water partition coefficient (Wildman–Crippen LogP) is 2.02. The fourth-order valence-corrected chi connectivity index (χ4v) is 1.19. The van der Waals surface area contributed by atoms with Crippen molar-refractivity contribution in [1.82, 2.24) is 0 Å². The van der Waals surface area contributed by atoms with Crippen LogP contribution >= 0.6 is 0 Å². The summed E-state index contributed by atoms with van der Waals surface area (Å²) in [5.74, 6) is -1.15. The molecule has 18 heavy (non-hydrogen) atoms. The molecule has 1 amide bonds. The standard InChI is InChI=1S/C11H13F3N2O2/c12-8-2-1-7(15)5-9(8)16-11(17)3-4-18-6-10(13)14/h1-2,5,10H,3-4,6,15H2,(H,16,17). The molecule has 0 radical (unpaired) electrons. The van der Waals surface area contributed by atoms with Crippen molar-refractivity contribution in [2.45, 2.75) is 12.8 Å². The number of ether oxygens (including phenoxy) is 1. The van der Waals surface area contributed by atoms with Crippen LogP contribution in [0.25, 0.3) is 0 Å². The lowest BCUT2D eigenvalue weighted by molar-refractivity contribution is -0.117. The minimum absolute atomic E-state index is 0.0474. The van der Waals surface area contributed by atoms with Crippen LogP contribution in [0.4, 0.5) is 24.5 Å². The van der Waals surface area contributed by atoms with Crippen molar-refractivity contribution < 1.29 is 22.7 Å². The highest BCUT2D eigenvalue weighted by Gasteiger charge is 2.08. The summed E-state index contributed by atoms with van der Waals surface area (Å²) in [6.07, 6.45) is -2.71. The zero-order chi connectivity index (χ0) is 13.5. The van der Waals surface area contributed by atoms with Gasteiger partial charge in [-0.15, -0.1) is 0 Å². The Hall–Kier alpha value is -1.76. The largest absolute Gasteiger partial charge is 0.399 e. The van der Waals surface area contributed by atoms with E-state index in [1.54, 1.807) is 0 Å². The van der Waals surface area contributed by atoms with E-state index in [1.807, 2.05) is 0 Å². The van der Waals surface area contributed by atoms with E-state index in [0.29, 0.717) is 5.69 Å². The Labute approximate surface area is 102 Å². The second-order valence-corrected chi connectivity index (χ2v) is 3.50. The van der Waals surface area contributed by atoms with Crippen molar-refractivity contribution in [3.05, 3.63) is 24.0 Å². The summed E-state index contributed by atoms with van der Waals surface area (Å²) in [5.41, 5.74) is 5.69.